The number of anilines is 1. The smallest absolute Gasteiger partial charge is 0.280 e. The van der Waals surface area contributed by atoms with Crippen molar-refractivity contribution in [1.82, 2.24) is 15.0 Å². The molecule has 0 unspecified atom stereocenters. The molecule has 0 saturated carbocycles. The fourth-order valence-corrected chi connectivity index (χ4v) is 4.86. The Morgan fingerprint density at radius 1 is 1.36 bits per heavy atom. The molecule has 28 heavy (non-hydrogen) atoms. The number of nitrogens with zero attached hydrogens (tertiary/aromatic N) is 4. The van der Waals surface area contributed by atoms with Crippen LogP contribution in [0, 0.1) is 25.2 Å². The van der Waals surface area contributed by atoms with Gasteiger partial charge in [0.2, 0.25) is 0 Å². The maximum Gasteiger partial charge on any atom is 0.280 e. The van der Waals surface area contributed by atoms with Gasteiger partial charge in [-0.15, -0.1) is 16.4 Å². The van der Waals surface area contributed by atoms with E-state index in [1.807, 2.05) is 36.7 Å². The van der Waals surface area contributed by atoms with Gasteiger partial charge in [-0.25, -0.2) is 4.68 Å². The summed E-state index contributed by atoms with van der Waals surface area (Å²) in [5.74, 6) is -0.0302. The molecule has 4 rings (SSSR count). The van der Waals surface area contributed by atoms with E-state index in [-0.39, 0.29) is 5.91 Å². The minimum Gasteiger partial charge on any atom is -0.327 e. The van der Waals surface area contributed by atoms with Crippen molar-refractivity contribution in [2.45, 2.75) is 32.7 Å². The molecule has 1 fully saturated rings. The third-order valence-electron chi connectivity index (χ3n) is 5.55. The largest absolute Gasteiger partial charge is 0.327 e. The Labute approximate surface area is 167 Å². The molecule has 0 radical (unpaired) electrons. The van der Waals surface area contributed by atoms with Gasteiger partial charge >= 0.3 is 0 Å². The summed E-state index contributed by atoms with van der Waals surface area (Å²) in [6.45, 7) is 6.15. The van der Waals surface area contributed by atoms with Crippen LogP contribution in [0.4, 0.5) is 5.00 Å². The number of carbonyl (C=O) groups excluding carboxylic acids is 1. The fraction of sp³-hybridized carbons (Fsp3) is 0.400. The molecule has 3 aromatic rings. The molecule has 1 aliphatic rings. The highest BCUT2D eigenvalue weighted by molar-refractivity contribution is 7.16. The van der Waals surface area contributed by atoms with Crippen LogP contribution in [0.2, 0.25) is 0 Å². The lowest BCUT2D eigenvalue weighted by atomic mass is 10.0. The Hall–Kier alpha value is -2.76. The average molecular weight is 396 g/mol. The predicted molar refractivity (Wildman–Crippen MR) is 109 cm³/mol. The van der Waals surface area contributed by atoms with Crippen LogP contribution in [0.3, 0.4) is 0 Å². The Balaban J connectivity index is 1.35. The minimum absolute atomic E-state index is 0.0302. The van der Waals surface area contributed by atoms with E-state index in [4.69, 9.17) is 0 Å². The van der Waals surface area contributed by atoms with Crippen molar-refractivity contribution in [2.75, 3.05) is 25.0 Å². The number of thiophene rings is 1. The molecule has 1 aliphatic heterocycles. The third kappa shape index (κ3) is 3.51. The maximum absolute atomic E-state index is 12.5. The molecule has 0 spiro atoms. The van der Waals surface area contributed by atoms with E-state index in [2.05, 4.69) is 27.8 Å². The molecule has 1 aromatic carbocycles. The van der Waals surface area contributed by atoms with E-state index in [1.165, 1.54) is 16.2 Å². The molecule has 2 aromatic heterocycles. The van der Waals surface area contributed by atoms with Crippen LogP contribution < -0.4 is 10.2 Å². The third-order valence-corrected chi connectivity index (χ3v) is 6.67. The van der Waals surface area contributed by atoms with E-state index >= 15 is 0 Å². The number of para-hydroxylation sites is 1. The molecule has 0 bridgehead atoms. The number of nitrogens with one attached hydrogen (secondary N) is 2. The quantitative estimate of drug-likeness (QED) is 0.706. The standard InChI is InChI=1S/C20H22N6OS/c1-13-14(2)28-20(16(13)11-21)22-19(27)12-25-9-7-15(8-10-25)26-18-6-4-3-5-17(18)23-24-26/h3-6,15H,7-10,12H2,1-2H3,(H,22,27)/p+1. The Kier molecular flexibility index (Phi) is 5.11. The fourth-order valence-electron chi connectivity index (χ4n) is 3.84. The molecule has 1 amide bonds. The molecule has 1 saturated heterocycles. The van der Waals surface area contributed by atoms with Gasteiger partial charge in [0.15, 0.2) is 6.54 Å². The summed E-state index contributed by atoms with van der Waals surface area (Å²) in [6.07, 6.45) is 1.94. The van der Waals surface area contributed by atoms with Crippen molar-refractivity contribution in [3.63, 3.8) is 0 Å². The summed E-state index contributed by atoms with van der Waals surface area (Å²) in [6, 6.07) is 10.5. The number of rotatable bonds is 4. The summed E-state index contributed by atoms with van der Waals surface area (Å²) < 4.78 is 2.03. The molecule has 0 atom stereocenters. The molecule has 3 heterocycles. The normalized spacial score (nSPS) is 19.5. The first-order valence-electron chi connectivity index (χ1n) is 9.50. The Morgan fingerprint density at radius 2 is 2.11 bits per heavy atom. The van der Waals surface area contributed by atoms with Crippen molar-refractivity contribution in [1.29, 1.82) is 5.26 Å². The Bertz CT molecular complexity index is 1050. The van der Waals surface area contributed by atoms with E-state index in [0.717, 1.165) is 47.4 Å². The van der Waals surface area contributed by atoms with E-state index in [0.29, 0.717) is 23.2 Å². The van der Waals surface area contributed by atoms with Crippen LogP contribution in [0.15, 0.2) is 24.3 Å². The molecule has 0 aliphatic carbocycles. The summed E-state index contributed by atoms with van der Waals surface area (Å²) in [7, 11) is 0. The number of aromatic nitrogens is 3. The second-order valence-corrected chi connectivity index (χ2v) is 8.55. The van der Waals surface area contributed by atoms with Gasteiger partial charge in [-0.05, 0) is 31.5 Å². The lowest BCUT2D eigenvalue weighted by molar-refractivity contribution is -0.897. The number of fused-ring (bicyclic) bond motifs is 1. The molecular formula is C20H23N6OS+. The number of aryl methyl sites for hydroxylation is 1. The lowest BCUT2D eigenvalue weighted by Gasteiger charge is -2.29. The highest BCUT2D eigenvalue weighted by Crippen LogP contribution is 2.31. The van der Waals surface area contributed by atoms with Crippen LogP contribution in [-0.2, 0) is 4.79 Å². The monoisotopic (exact) mass is 395 g/mol. The predicted octanol–water partition coefficient (Wildman–Crippen LogP) is 1.84. The molecular weight excluding hydrogens is 372 g/mol. The molecule has 144 valence electrons. The van der Waals surface area contributed by atoms with Crippen LogP contribution in [0.1, 0.15) is 34.9 Å². The molecule has 7 nitrogen and oxygen atoms in total. The van der Waals surface area contributed by atoms with Gasteiger partial charge in [-0.1, -0.05) is 17.3 Å². The summed E-state index contributed by atoms with van der Waals surface area (Å²) in [5, 5.41) is 21.5. The second kappa shape index (κ2) is 7.70. The number of hydrogen-bond donors (Lipinski definition) is 2. The van der Waals surface area contributed by atoms with Gasteiger partial charge in [0.25, 0.3) is 5.91 Å². The number of likely N-dealkylation sites (tertiary alicyclic amines) is 1. The van der Waals surface area contributed by atoms with E-state index in [1.54, 1.807) is 0 Å². The van der Waals surface area contributed by atoms with Gasteiger partial charge in [-0.3, -0.25) is 4.79 Å². The topological polar surface area (TPSA) is 88.0 Å². The van der Waals surface area contributed by atoms with Crippen molar-refractivity contribution >= 4 is 33.3 Å². The van der Waals surface area contributed by atoms with Crippen LogP contribution in [0.25, 0.3) is 11.0 Å². The van der Waals surface area contributed by atoms with Crippen LogP contribution in [0.5, 0.6) is 0 Å². The van der Waals surface area contributed by atoms with Gasteiger partial charge in [0.05, 0.1) is 30.2 Å². The van der Waals surface area contributed by atoms with E-state index < -0.39 is 0 Å². The first-order chi connectivity index (χ1) is 13.6. The number of piperidine rings is 1. The van der Waals surface area contributed by atoms with Crippen molar-refractivity contribution < 1.29 is 9.69 Å². The summed E-state index contributed by atoms with van der Waals surface area (Å²) >= 11 is 1.47. The van der Waals surface area contributed by atoms with Gasteiger partial charge in [-0.2, -0.15) is 5.26 Å². The zero-order valence-corrected chi connectivity index (χ0v) is 16.8. The highest BCUT2D eigenvalue weighted by Gasteiger charge is 2.27. The van der Waals surface area contributed by atoms with Crippen LogP contribution in [-0.4, -0.2) is 40.5 Å². The first kappa shape index (κ1) is 18.6. The number of carbonyl (C=O) groups is 1. The van der Waals surface area contributed by atoms with E-state index in [9.17, 15) is 10.1 Å². The SMILES string of the molecule is Cc1sc(NC(=O)C[NH+]2CCC(n3nnc4ccccc43)CC2)c(C#N)c1C. The van der Waals surface area contributed by atoms with Crippen LogP contribution >= 0.6 is 11.3 Å². The lowest BCUT2D eigenvalue weighted by Crippen LogP contribution is -3.14. The first-order valence-corrected chi connectivity index (χ1v) is 10.3. The maximum atomic E-state index is 12.5. The van der Waals surface area contributed by atoms with Gasteiger partial charge in [0, 0.05) is 17.7 Å². The number of benzene rings is 1. The zero-order chi connectivity index (χ0) is 19.7. The highest BCUT2D eigenvalue weighted by atomic mass is 32.1. The number of hydrogen-bond acceptors (Lipinski definition) is 5. The van der Waals surface area contributed by atoms with Crippen molar-refractivity contribution in [2.24, 2.45) is 0 Å². The average Bonchev–Trinajstić information content (AvgIpc) is 3.23. The van der Waals surface area contributed by atoms with Gasteiger partial charge < -0.3 is 10.2 Å². The Morgan fingerprint density at radius 3 is 2.86 bits per heavy atom. The summed E-state index contributed by atoms with van der Waals surface area (Å²) in [4.78, 5) is 14.8. The molecule has 8 heteroatoms. The van der Waals surface area contributed by atoms with Crippen molar-refractivity contribution in [3.8, 4) is 6.07 Å². The van der Waals surface area contributed by atoms with Crippen molar-refractivity contribution in [3.05, 3.63) is 40.3 Å². The molecule has 2 N–H and O–H groups in total. The second-order valence-electron chi connectivity index (χ2n) is 7.33. The minimum atomic E-state index is -0.0302. The zero-order valence-electron chi connectivity index (χ0n) is 16.0. The number of amides is 1. The summed E-state index contributed by atoms with van der Waals surface area (Å²) in [5.41, 5.74) is 3.53. The number of quaternary nitrogens is 1. The number of nitriles is 1. The van der Waals surface area contributed by atoms with Gasteiger partial charge in [0.1, 0.15) is 16.6 Å².